The minimum absolute atomic E-state index is 0.609. The van der Waals surface area contributed by atoms with Gasteiger partial charge >= 0.3 is 0 Å². The molecule has 1 nitrogen and oxygen atoms in total. The van der Waals surface area contributed by atoms with E-state index < -0.39 is 0 Å². The summed E-state index contributed by atoms with van der Waals surface area (Å²) in [6.07, 6.45) is 8.71. The number of rotatable bonds is 12. The highest BCUT2D eigenvalue weighted by molar-refractivity contribution is 5.16. The van der Waals surface area contributed by atoms with Crippen LogP contribution in [-0.4, -0.2) is 12.6 Å². The summed E-state index contributed by atoms with van der Waals surface area (Å²) < 4.78 is 0. The molecule has 0 aliphatic rings. The van der Waals surface area contributed by atoms with Gasteiger partial charge in [0.2, 0.25) is 0 Å². The molecule has 136 valence electrons. The van der Waals surface area contributed by atoms with Gasteiger partial charge in [-0.15, -0.1) is 0 Å². The highest BCUT2D eigenvalue weighted by Crippen LogP contribution is 2.13. The Kier molecular flexibility index (Phi) is 9.36. The molecular weight excluding hydrogens is 302 g/mol. The quantitative estimate of drug-likeness (QED) is 0.466. The Hall–Kier alpha value is -1.60. The summed E-state index contributed by atoms with van der Waals surface area (Å²) in [6, 6.07) is 22.4. The zero-order chi connectivity index (χ0) is 17.7. The lowest BCUT2D eigenvalue weighted by Crippen LogP contribution is -2.31. The van der Waals surface area contributed by atoms with Gasteiger partial charge < -0.3 is 5.32 Å². The molecule has 25 heavy (non-hydrogen) atoms. The van der Waals surface area contributed by atoms with Gasteiger partial charge in [0.05, 0.1) is 0 Å². The molecule has 0 unspecified atom stereocenters. The first-order valence-electron chi connectivity index (χ1n) is 10.1. The zero-order valence-corrected chi connectivity index (χ0v) is 16.1. The van der Waals surface area contributed by atoms with Crippen LogP contribution in [0.25, 0.3) is 0 Å². The molecule has 2 rings (SSSR count). The topological polar surface area (TPSA) is 12.0 Å². The van der Waals surface area contributed by atoms with Gasteiger partial charge in [-0.2, -0.15) is 0 Å². The van der Waals surface area contributed by atoms with Crippen LogP contribution in [0.1, 0.15) is 57.1 Å². The average Bonchev–Trinajstić information content (AvgIpc) is 2.68. The Morgan fingerprint density at radius 3 is 1.76 bits per heavy atom. The molecule has 1 heteroatoms. The van der Waals surface area contributed by atoms with Crippen molar-refractivity contribution in [2.75, 3.05) is 6.54 Å². The van der Waals surface area contributed by atoms with Crippen molar-refractivity contribution in [3.05, 3.63) is 71.8 Å². The molecule has 2 aromatic rings. The predicted octanol–water partition coefficient (Wildman–Crippen LogP) is 6.04. The molecular formula is C24H35N. The van der Waals surface area contributed by atoms with E-state index in [1.54, 1.807) is 0 Å². The molecule has 0 saturated carbocycles. The van der Waals surface area contributed by atoms with Gasteiger partial charge in [-0.1, -0.05) is 80.9 Å². The van der Waals surface area contributed by atoms with Gasteiger partial charge in [0.15, 0.2) is 0 Å². The Morgan fingerprint density at radius 1 is 0.760 bits per heavy atom. The Morgan fingerprint density at radius 2 is 1.28 bits per heavy atom. The van der Waals surface area contributed by atoms with E-state index in [0.29, 0.717) is 6.04 Å². The molecule has 0 heterocycles. The maximum absolute atomic E-state index is 3.84. The maximum atomic E-state index is 3.84. The molecule has 2 aromatic carbocycles. The van der Waals surface area contributed by atoms with Crippen molar-refractivity contribution in [2.45, 2.75) is 64.8 Å². The summed E-state index contributed by atoms with van der Waals surface area (Å²) in [5, 5.41) is 3.84. The van der Waals surface area contributed by atoms with Crippen LogP contribution in [0.15, 0.2) is 60.7 Å². The molecule has 0 aromatic heterocycles. The van der Waals surface area contributed by atoms with Crippen molar-refractivity contribution in [1.29, 1.82) is 0 Å². The fraction of sp³-hybridized carbons (Fsp3) is 0.500. The van der Waals surface area contributed by atoms with Crippen molar-refractivity contribution in [1.82, 2.24) is 5.32 Å². The number of hydrogen-bond acceptors (Lipinski definition) is 1. The van der Waals surface area contributed by atoms with E-state index in [0.717, 1.165) is 12.5 Å². The summed E-state index contributed by atoms with van der Waals surface area (Å²) in [5.41, 5.74) is 2.90. The fourth-order valence-electron chi connectivity index (χ4n) is 3.28. The third kappa shape index (κ3) is 8.36. The smallest absolute Gasteiger partial charge is 0.00733 e. The highest BCUT2D eigenvalue weighted by Gasteiger charge is 2.09. The summed E-state index contributed by atoms with van der Waals surface area (Å²) in [7, 11) is 0. The van der Waals surface area contributed by atoms with Crippen LogP contribution in [0.4, 0.5) is 0 Å². The first kappa shape index (κ1) is 19.7. The molecule has 0 aliphatic heterocycles. The highest BCUT2D eigenvalue weighted by atomic mass is 14.9. The minimum Gasteiger partial charge on any atom is -0.314 e. The SMILES string of the molecule is CC[C@@H](C)CCCNC(CCc1ccccc1)CCc1ccccc1. The van der Waals surface area contributed by atoms with E-state index in [4.69, 9.17) is 0 Å². The van der Waals surface area contributed by atoms with Crippen LogP contribution < -0.4 is 5.32 Å². The van der Waals surface area contributed by atoms with Crippen LogP contribution in [0, 0.1) is 5.92 Å². The second-order valence-electron chi connectivity index (χ2n) is 7.36. The number of nitrogens with one attached hydrogen (secondary N) is 1. The maximum Gasteiger partial charge on any atom is 0.00733 e. The van der Waals surface area contributed by atoms with Crippen LogP contribution in [0.3, 0.4) is 0 Å². The van der Waals surface area contributed by atoms with Crippen molar-refractivity contribution >= 4 is 0 Å². The van der Waals surface area contributed by atoms with Crippen LogP contribution in [0.5, 0.6) is 0 Å². The van der Waals surface area contributed by atoms with E-state index in [2.05, 4.69) is 79.8 Å². The summed E-state index contributed by atoms with van der Waals surface area (Å²) >= 11 is 0. The lowest BCUT2D eigenvalue weighted by molar-refractivity contribution is 0.421. The normalized spacial score (nSPS) is 12.4. The van der Waals surface area contributed by atoms with E-state index in [1.807, 2.05) is 0 Å². The van der Waals surface area contributed by atoms with Gasteiger partial charge in [-0.3, -0.25) is 0 Å². The molecule has 0 bridgehead atoms. The Balaban J connectivity index is 1.79. The zero-order valence-electron chi connectivity index (χ0n) is 16.1. The van der Waals surface area contributed by atoms with Gasteiger partial charge in [0.1, 0.15) is 0 Å². The molecule has 1 atom stereocenters. The van der Waals surface area contributed by atoms with Gasteiger partial charge in [-0.25, -0.2) is 0 Å². The second-order valence-corrected chi connectivity index (χ2v) is 7.36. The molecule has 0 fully saturated rings. The third-order valence-electron chi connectivity index (χ3n) is 5.25. The largest absolute Gasteiger partial charge is 0.314 e. The van der Waals surface area contributed by atoms with E-state index in [-0.39, 0.29) is 0 Å². The van der Waals surface area contributed by atoms with Crippen molar-refractivity contribution < 1.29 is 0 Å². The summed E-state index contributed by atoms with van der Waals surface area (Å²) in [6.45, 7) is 5.81. The van der Waals surface area contributed by atoms with Crippen LogP contribution >= 0.6 is 0 Å². The van der Waals surface area contributed by atoms with Crippen LogP contribution in [-0.2, 0) is 12.8 Å². The van der Waals surface area contributed by atoms with E-state index in [1.165, 1.54) is 56.1 Å². The molecule has 0 amide bonds. The standard InChI is InChI=1S/C24H35N/c1-3-21(2)11-10-20-25-24(18-16-22-12-6-4-7-13-22)19-17-23-14-8-5-9-15-23/h4-9,12-15,21,24-25H,3,10-11,16-20H2,1-2H3/t21-/m1/s1. The molecule has 0 aliphatic carbocycles. The lowest BCUT2D eigenvalue weighted by Gasteiger charge is -2.20. The van der Waals surface area contributed by atoms with Crippen molar-refractivity contribution in [2.24, 2.45) is 5.92 Å². The number of benzene rings is 2. The first-order valence-corrected chi connectivity index (χ1v) is 10.1. The molecule has 1 N–H and O–H groups in total. The monoisotopic (exact) mass is 337 g/mol. The third-order valence-corrected chi connectivity index (χ3v) is 5.25. The molecule has 0 saturated heterocycles. The number of aryl methyl sites for hydroxylation is 2. The summed E-state index contributed by atoms with van der Waals surface area (Å²) in [4.78, 5) is 0. The van der Waals surface area contributed by atoms with Crippen LogP contribution in [0.2, 0.25) is 0 Å². The van der Waals surface area contributed by atoms with E-state index in [9.17, 15) is 0 Å². The molecule has 0 spiro atoms. The minimum atomic E-state index is 0.609. The fourth-order valence-corrected chi connectivity index (χ4v) is 3.28. The van der Waals surface area contributed by atoms with Crippen molar-refractivity contribution in [3.63, 3.8) is 0 Å². The van der Waals surface area contributed by atoms with Crippen molar-refractivity contribution in [3.8, 4) is 0 Å². The average molecular weight is 338 g/mol. The second kappa shape index (κ2) is 11.9. The van der Waals surface area contributed by atoms with E-state index >= 15 is 0 Å². The van der Waals surface area contributed by atoms with Gasteiger partial charge in [-0.05, 0) is 62.1 Å². The Labute approximate surface area is 154 Å². The van der Waals surface area contributed by atoms with Gasteiger partial charge in [0, 0.05) is 6.04 Å². The molecule has 0 radical (unpaired) electrons. The lowest BCUT2D eigenvalue weighted by atomic mass is 9.98. The number of hydrogen-bond donors (Lipinski definition) is 1. The predicted molar refractivity (Wildman–Crippen MR) is 110 cm³/mol. The summed E-state index contributed by atoms with van der Waals surface area (Å²) in [5.74, 6) is 0.855. The first-order chi connectivity index (χ1) is 12.3. The van der Waals surface area contributed by atoms with Gasteiger partial charge in [0.25, 0.3) is 0 Å². The Bertz CT molecular complexity index is 505.